The Kier molecular flexibility index (Phi) is 7.47. The third-order valence-corrected chi connectivity index (χ3v) is 4.57. The van der Waals surface area contributed by atoms with Crippen LogP contribution in [0.4, 0.5) is 0 Å². The van der Waals surface area contributed by atoms with Gasteiger partial charge in [0, 0.05) is 0 Å². The number of ether oxygens (including phenoxy) is 4. The predicted octanol–water partition coefficient (Wildman–Crippen LogP) is 4.70. The lowest BCUT2D eigenvalue weighted by atomic mass is 10.2. The van der Waals surface area contributed by atoms with Gasteiger partial charge in [0.15, 0.2) is 23.0 Å². The van der Waals surface area contributed by atoms with Crippen molar-refractivity contribution in [2.75, 3.05) is 28.4 Å². The van der Waals surface area contributed by atoms with Crippen LogP contribution in [-0.4, -0.2) is 40.9 Å². The fourth-order valence-corrected chi connectivity index (χ4v) is 3.47. The van der Waals surface area contributed by atoms with Crippen molar-refractivity contribution in [2.45, 2.75) is 0 Å². The number of methoxy groups -OCH3 is 4. The summed E-state index contributed by atoms with van der Waals surface area (Å²) in [7, 11) is 6.33. The zero-order valence-electron chi connectivity index (χ0n) is 14.7. The van der Waals surface area contributed by atoms with Gasteiger partial charge in [0.25, 0.3) is 0 Å². The first-order chi connectivity index (χ1) is 12.5. The molecule has 6 nitrogen and oxygen atoms in total. The molecular formula is C18H18Br2N2O4. The van der Waals surface area contributed by atoms with Gasteiger partial charge in [-0.05, 0) is 67.3 Å². The molecule has 0 aliphatic rings. The third kappa shape index (κ3) is 4.76. The topological polar surface area (TPSA) is 61.6 Å². The first-order valence-electron chi connectivity index (χ1n) is 7.43. The second kappa shape index (κ2) is 9.59. The van der Waals surface area contributed by atoms with Crippen LogP contribution in [0.3, 0.4) is 0 Å². The average Bonchev–Trinajstić information content (AvgIpc) is 2.64. The zero-order chi connectivity index (χ0) is 19.1. The van der Waals surface area contributed by atoms with Gasteiger partial charge in [-0.3, -0.25) is 0 Å². The van der Waals surface area contributed by atoms with Crippen LogP contribution in [0.2, 0.25) is 0 Å². The van der Waals surface area contributed by atoms with Gasteiger partial charge >= 0.3 is 0 Å². The summed E-state index contributed by atoms with van der Waals surface area (Å²) in [6.45, 7) is 0. The molecule has 0 fully saturated rings. The van der Waals surface area contributed by atoms with Gasteiger partial charge in [0.05, 0.1) is 49.8 Å². The van der Waals surface area contributed by atoms with E-state index in [9.17, 15) is 0 Å². The lowest BCUT2D eigenvalue weighted by Crippen LogP contribution is -1.94. The molecule has 2 aromatic carbocycles. The highest BCUT2D eigenvalue weighted by Crippen LogP contribution is 2.36. The molecule has 0 saturated carbocycles. The Labute approximate surface area is 169 Å². The molecule has 0 aromatic heterocycles. The Balaban J connectivity index is 2.21. The minimum atomic E-state index is 0.608. The van der Waals surface area contributed by atoms with E-state index in [1.807, 2.05) is 24.3 Å². The molecule has 0 radical (unpaired) electrons. The van der Waals surface area contributed by atoms with Crippen LogP contribution in [0.1, 0.15) is 11.1 Å². The molecule has 138 valence electrons. The van der Waals surface area contributed by atoms with E-state index in [1.54, 1.807) is 40.9 Å². The number of rotatable bonds is 7. The Morgan fingerprint density at radius 2 is 1.04 bits per heavy atom. The molecule has 0 atom stereocenters. The fourth-order valence-electron chi connectivity index (χ4n) is 2.22. The highest BCUT2D eigenvalue weighted by atomic mass is 79.9. The van der Waals surface area contributed by atoms with Gasteiger partial charge in [0.1, 0.15) is 0 Å². The molecule has 0 aliphatic heterocycles. The van der Waals surface area contributed by atoms with Crippen molar-refractivity contribution in [2.24, 2.45) is 10.2 Å². The highest BCUT2D eigenvalue weighted by molar-refractivity contribution is 9.11. The maximum atomic E-state index is 5.31. The van der Waals surface area contributed by atoms with Gasteiger partial charge in [0.2, 0.25) is 0 Å². The van der Waals surface area contributed by atoms with Crippen LogP contribution in [0.25, 0.3) is 0 Å². The van der Waals surface area contributed by atoms with E-state index in [2.05, 4.69) is 42.1 Å². The van der Waals surface area contributed by atoms with Gasteiger partial charge in [-0.15, -0.1) is 0 Å². The summed E-state index contributed by atoms with van der Waals surface area (Å²) < 4.78 is 22.7. The third-order valence-electron chi connectivity index (χ3n) is 3.39. The van der Waals surface area contributed by atoms with Crippen LogP contribution in [0, 0.1) is 0 Å². The fraction of sp³-hybridized carbons (Fsp3) is 0.222. The predicted molar refractivity (Wildman–Crippen MR) is 110 cm³/mol. The molecule has 0 saturated heterocycles. The Bertz CT molecular complexity index is 769. The number of hydrogen-bond acceptors (Lipinski definition) is 6. The molecule has 0 heterocycles. The maximum absolute atomic E-state index is 5.31. The molecule has 26 heavy (non-hydrogen) atoms. The van der Waals surface area contributed by atoms with E-state index in [0.717, 1.165) is 20.1 Å². The van der Waals surface area contributed by atoms with Crippen LogP contribution >= 0.6 is 31.9 Å². The number of hydrogen-bond donors (Lipinski definition) is 0. The molecule has 2 aromatic rings. The Morgan fingerprint density at radius 3 is 1.35 bits per heavy atom. The quantitative estimate of drug-likeness (QED) is 0.421. The van der Waals surface area contributed by atoms with E-state index in [4.69, 9.17) is 18.9 Å². The van der Waals surface area contributed by atoms with Crippen LogP contribution in [-0.2, 0) is 0 Å². The summed E-state index contributed by atoms with van der Waals surface area (Å²) in [5, 5.41) is 8.15. The number of halogens is 2. The van der Waals surface area contributed by atoms with Crippen LogP contribution in [0.15, 0.2) is 43.4 Å². The second-order valence-electron chi connectivity index (χ2n) is 4.97. The lowest BCUT2D eigenvalue weighted by molar-refractivity contribution is 0.353. The first-order valence-corrected chi connectivity index (χ1v) is 9.02. The minimum Gasteiger partial charge on any atom is -0.493 e. The van der Waals surface area contributed by atoms with Gasteiger partial charge in [-0.25, -0.2) is 0 Å². The van der Waals surface area contributed by atoms with Crippen molar-refractivity contribution < 1.29 is 18.9 Å². The molecule has 0 aliphatic carbocycles. The molecule has 8 heteroatoms. The van der Waals surface area contributed by atoms with Crippen LogP contribution < -0.4 is 18.9 Å². The molecular weight excluding hydrogens is 468 g/mol. The molecule has 0 unspecified atom stereocenters. The van der Waals surface area contributed by atoms with E-state index < -0.39 is 0 Å². The van der Waals surface area contributed by atoms with Gasteiger partial charge in [-0.2, -0.15) is 10.2 Å². The van der Waals surface area contributed by atoms with Crippen LogP contribution in [0.5, 0.6) is 23.0 Å². The summed E-state index contributed by atoms with van der Waals surface area (Å²) in [6, 6.07) is 7.37. The largest absolute Gasteiger partial charge is 0.493 e. The van der Waals surface area contributed by atoms with E-state index >= 15 is 0 Å². The summed E-state index contributed by atoms with van der Waals surface area (Å²) in [5.41, 5.74) is 1.64. The Morgan fingerprint density at radius 1 is 0.654 bits per heavy atom. The molecule has 0 N–H and O–H groups in total. The monoisotopic (exact) mass is 484 g/mol. The van der Waals surface area contributed by atoms with Crippen molar-refractivity contribution in [1.82, 2.24) is 0 Å². The smallest absolute Gasteiger partial charge is 0.174 e. The standard InChI is InChI=1S/C18H18Br2N2O4/c1-23-15-7-11(5-13(19)17(15)25-3)9-21-22-10-12-6-14(20)18(26-4)16(8-12)24-2/h5-10H,1-4H3/b21-9+,22-10+. The van der Waals surface area contributed by atoms with Crippen molar-refractivity contribution in [3.05, 3.63) is 44.3 Å². The molecule has 2 rings (SSSR count). The number of nitrogens with zero attached hydrogens (tertiary/aromatic N) is 2. The van der Waals surface area contributed by atoms with E-state index in [0.29, 0.717) is 23.0 Å². The summed E-state index contributed by atoms with van der Waals surface area (Å²) in [5.74, 6) is 2.47. The van der Waals surface area contributed by atoms with Crippen molar-refractivity contribution >= 4 is 44.3 Å². The summed E-state index contributed by atoms with van der Waals surface area (Å²) in [6.07, 6.45) is 3.25. The summed E-state index contributed by atoms with van der Waals surface area (Å²) >= 11 is 6.89. The van der Waals surface area contributed by atoms with Gasteiger partial charge in [-0.1, -0.05) is 0 Å². The van der Waals surface area contributed by atoms with Crippen molar-refractivity contribution in [3.63, 3.8) is 0 Å². The molecule has 0 spiro atoms. The zero-order valence-corrected chi connectivity index (χ0v) is 17.9. The first kappa shape index (κ1) is 20.3. The summed E-state index contributed by atoms with van der Waals surface area (Å²) in [4.78, 5) is 0. The molecule has 0 amide bonds. The van der Waals surface area contributed by atoms with Crippen molar-refractivity contribution in [1.29, 1.82) is 0 Å². The maximum Gasteiger partial charge on any atom is 0.174 e. The van der Waals surface area contributed by atoms with Gasteiger partial charge < -0.3 is 18.9 Å². The SMILES string of the molecule is COc1cc(/C=N/N=C/c2cc(Br)c(OC)c(OC)c2)cc(Br)c1OC. The second-order valence-corrected chi connectivity index (χ2v) is 6.67. The minimum absolute atomic E-state index is 0.608. The van der Waals surface area contributed by atoms with E-state index in [1.165, 1.54) is 0 Å². The number of benzene rings is 2. The average molecular weight is 486 g/mol. The highest BCUT2D eigenvalue weighted by Gasteiger charge is 2.10. The van der Waals surface area contributed by atoms with Crippen molar-refractivity contribution in [3.8, 4) is 23.0 Å². The normalized spacial score (nSPS) is 11.2. The Hall–Kier alpha value is -2.06. The lowest BCUT2D eigenvalue weighted by Gasteiger charge is -2.10. The molecule has 0 bridgehead atoms. The van der Waals surface area contributed by atoms with E-state index in [-0.39, 0.29) is 0 Å².